The molecule has 0 amide bonds. The number of rotatable bonds is 2. The van der Waals surface area contributed by atoms with Gasteiger partial charge in [-0.3, -0.25) is 4.68 Å². The van der Waals surface area contributed by atoms with Crippen LogP contribution >= 0.6 is 0 Å². The lowest BCUT2D eigenvalue weighted by Gasteiger charge is -2.20. The summed E-state index contributed by atoms with van der Waals surface area (Å²) in [4.78, 5) is 0. The average molecular weight is 207 g/mol. The van der Waals surface area contributed by atoms with Gasteiger partial charge in [-0.25, -0.2) is 0 Å². The van der Waals surface area contributed by atoms with Crippen molar-refractivity contribution in [2.45, 2.75) is 46.1 Å². The van der Waals surface area contributed by atoms with Crippen molar-refractivity contribution < 1.29 is 0 Å². The molecule has 3 nitrogen and oxygen atoms in total. The molecule has 2 rings (SSSR count). The Kier molecular flexibility index (Phi) is 2.83. The van der Waals surface area contributed by atoms with Crippen LogP contribution in [0.1, 0.15) is 42.3 Å². The van der Waals surface area contributed by atoms with E-state index in [0.717, 1.165) is 12.2 Å². The minimum absolute atomic E-state index is 0.544. The first kappa shape index (κ1) is 10.7. The van der Waals surface area contributed by atoms with Crippen molar-refractivity contribution in [2.24, 2.45) is 11.7 Å². The fourth-order valence-electron chi connectivity index (χ4n) is 2.68. The highest BCUT2D eigenvalue weighted by Gasteiger charge is 2.29. The molecule has 0 bridgehead atoms. The van der Waals surface area contributed by atoms with E-state index >= 15 is 0 Å². The van der Waals surface area contributed by atoms with Crippen LogP contribution in [-0.4, -0.2) is 16.3 Å². The molecule has 0 radical (unpaired) electrons. The van der Waals surface area contributed by atoms with Crippen LogP contribution in [0, 0.1) is 26.7 Å². The first-order valence-electron chi connectivity index (χ1n) is 5.87. The van der Waals surface area contributed by atoms with Crippen LogP contribution in [0.25, 0.3) is 0 Å². The average Bonchev–Trinajstić information content (AvgIpc) is 2.78. The zero-order chi connectivity index (χ0) is 11.0. The Morgan fingerprint density at radius 1 is 1.33 bits per heavy atom. The second-order valence-electron chi connectivity index (χ2n) is 4.73. The van der Waals surface area contributed by atoms with Crippen molar-refractivity contribution in [2.75, 3.05) is 6.54 Å². The van der Waals surface area contributed by atoms with Crippen LogP contribution in [0.4, 0.5) is 0 Å². The van der Waals surface area contributed by atoms with Crippen LogP contribution in [0.2, 0.25) is 0 Å². The zero-order valence-electron chi connectivity index (χ0n) is 9.95. The van der Waals surface area contributed by atoms with Gasteiger partial charge in [-0.05, 0) is 51.6 Å². The third kappa shape index (κ3) is 1.69. The Labute approximate surface area is 91.7 Å². The molecule has 2 N–H and O–H groups in total. The summed E-state index contributed by atoms with van der Waals surface area (Å²) < 4.78 is 2.22. The Balaban J connectivity index is 2.32. The molecule has 1 aliphatic rings. The summed E-state index contributed by atoms with van der Waals surface area (Å²) in [5, 5.41) is 4.65. The molecule has 0 aliphatic heterocycles. The Morgan fingerprint density at radius 3 is 2.60 bits per heavy atom. The standard InChI is InChI=1S/C12H21N3/c1-8-9(2)14-15(10(8)3)12-6-4-5-11(12)7-13/h11-12H,4-7,13H2,1-3H3. The smallest absolute Gasteiger partial charge is 0.0625 e. The first-order chi connectivity index (χ1) is 7.15. The molecule has 0 spiro atoms. The maximum Gasteiger partial charge on any atom is 0.0625 e. The van der Waals surface area contributed by atoms with Gasteiger partial charge in [-0.15, -0.1) is 0 Å². The van der Waals surface area contributed by atoms with Crippen molar-refractivity contribution in [1.82, 2.24) is 9.78 Å². The Hall–Kier alpha value is -0.830. The SMILES string of the molecule is Cc1nn(C2CCCC2CN)c(C)c1C. The fourth-order valence-corrected chi connectivity index (χ4v) is 2.68. The molecule has 84 valence electrons. The highest BCUT2D eigenvalue weighted by molar-refractivity contribution is 5.23. The van der Waals surface area contributed by atoms with E-state index < -0.39 is 0 Å². The number of aromatic nitrogens is 2. The van der Waals surface area contributed by atoms with Gasteiger partial charge in [-0.1, -0.05) is 6.42 Å². The fraction of sp³-hybridized carbons (Fsp3) is 0.750. The van der Waals surface area contributed by atoms with Gasteiger partial charge in [0.05, 0.1) is 11.7 Å². The molecule has 2 unspecified atom stereocenters. The molecule has 1 saturated carbocycles. The largest absolute Gasteiger partial charge is 0.330 e. The maximum atomic E-state index is 5.82. The van der Waals surface area contributed by atoms with Crippen molar-refractivity contribution in [3.05, 3.63) is 17.0 Å². The Morgan fingerprint density at radius 2 is 2.07 bits per heavy atom. The van der Waals surface area contributed by atoms with Gasteiger partial charge in [-0.2, -0.15) is 5.10 Å². The second kappa shape index (κ2) is 3.97. The maximum absolute atomic E-state index is 5.82. The molecule has 15 heavy (non-hydrogen) atoms. The van der Waals surface area contributed by atoms with E-state index in [9.17, 15) is 0 Å². The predicted octanol–water partition coefficient (Wildman–Crippen LogP) is 2.11. The van der Waals surface area contributed by atoms with Crippen LogP contribution in [0.5, 0.6) is 0 Å². The van der Waals surface area contributed by atoms with Crippen molar-refractivity contribution in [3.8, 4) is 0 Å². The van der Waals surface area contributed by atoms with E-state index in [0.29, 0.717) is 12.0 Å². The lowest BCUT2D eigenvalue weighted by Crippen LogP contribution is -2.23. The summed E-state index contributed by atoms with van der Waals surface area (Å²) in [5.41, 5.74) is 9.63. The molecular formula is C12H21N3. The number of hydrogen-bond donors (Lipinski definition) is 1. The number of hydrogen-bond acceptors (Lipinski definition) is 2. The van der Waals surface area contributed by atoms with Crippen LogP contribution < -0.4 is 5.73 Å². The van der Waals surface area contributed by atoms with Crippen molar-refractivity contribution in [3.63, 3.8) is 0 Å². The van der Waals surface area contributed by atoms with Gasteiger partial charge in [0.15, 0.2) is 0 Å². The van der Waals surface area contributed by atoms with Gasteiger partial charge in [0.1, 0.15) is 0 Å². The van der Waals surface area contributed by atoms with Gasteiger partial charge < -0.3 is 5.73 Å². The first-order valence-corrected chi connectivity index (χ1v) is 5.87. The van der Waals surface area contributed by atoms with E-state index in [4.69, 9.17) is 5.73 Å². The summed E-state index contributed by atoms with van der Waals surface area (Å²) in [5.74, 6) is 0.627. The molecule has 1 fully saturated rings. The molecule has 1 aromatic heterocycles. The molecule has 0 saturated heterocycles. The topological polar surface area (TPSA) is 43.8 Å². The molecule has 1 aliphatic carbocycles. The Bertz CT molecular complexity index is 354. The van der Waals surface area contributed by atoms with Gasteiger partial charge >= 0.3 is 0 Å². The van der Waals surface area contributed by atoms with Gasteiger partial charge in [0.2, 0.25) is 0 Å². The molecule has 0 aromatic carbocycles. The van der Waals surface area contributed by atoms with E-state index in [-0.39, 0.29) is 0 Å². The van der Waals surface area contributed by atoms with E-state index in [2.05, 4.69) is 30.6 Å². The van der Waals surface area contributed by atoms with Gasteiger partial charge in [0, 0.05) is 5.69 Å². The molecule has 1 heterocycles. The van der Waals surface area contributed by atoms with Crippen molar-refractivity contribution >= 4 is 0 Å². The van der Waals surface area contributed by atoms with E-state index in [1.807, 2.05) is 0 Å². The molecule has 2 atom stereocenters. The zero-order valence-corrected chi connectivity index (χ0v) is 9.95. The highest BCUT2D eigenvalue weighted by Crippen LogP contribution is 2.36. The molecular weight excluding hydrogens is 186 g/mol. The van der Waals surface area contributed by atoms with Crippen LogP contribution in [0.3, 0.4) is 0 Å². The van der Waals surface area contributed by atoms with Crippen molar-refractivity contribution in [1.29, 1.82) is 0 Å². The molecule has 1 aromatic rings. The summed E-state index contributed by atoms with van der Waals surface area (Å²) in [7, 11) is 0. The van der Waals surface area contributed by atoms with Gasteiger partial charge in [0.25, 0.3) is 0 Å². The minimum atomic E-state index is 0.544. The van der Waals surface area contributed by atoms with E-state index in [1.165, 1.54) is 30.5 Å². The summed E-state index contributed by atoms with van der Waals surface area (Å²) in [6.45, 7) is 7.20. The number of aryl methyl sites for hydroxylation is 1. The summed E-state index contributed by atoms with van der Waals surface area (Å²) >= 11 is 0. The summed E-state index contributed by atoms with van der Waals surface area (Å²) in [6, 6.07) is 0.544. The highest BCUT2D eigenvalue weighted by atomic mass is 15.3. The van der Waals surface area contributed by atoms with E-state index in [1.54, 1.807) is 0 Å². The number of nitrogens with zero attached hydrogens (tertiary/aromatic N) is 2. The lowest BCUT2D eigenvalue weighted by atomic mass is 10.0. The number of nitrogens with two attached hydrogens (primary N) is 1. The predicted molar refractivity (Wildman–Crippen MR) is 61.9 cm³/mol. The monoisotopic (exact) mass is 207 g/mol. The normalized spacial score (nSPS) is 26.1. The van der Waals surface area contributed by atoms with Crippen LogP contribution in [-0.2, 0) is 0 Å². The second-order valence-corrected chi connectivity index (χ2v) is 4.73. The summed E-state index contributed by atoms with van der Waals surface area (Å²) in [6.07, 6.45) is 3.80. The third-order valence-electron chi connectivity index (χ3n) is 3.92. The quantitative estimate of drug-likeness (QED) is 0.807. The lowest BCUT2D eigenvalue weighted by molar-refractivity contribution is 0.351. The third-order valence-corrected chi connectivity index (χ3v) is 3.92. The minimum Gasteiger partial charge on any atom is -0.330 e. The molecule has 3 heteroatoms. The van der Waals surface area contributed by atoms with Crippen LogP contribution in [0.15, 0.2) is 0 Å².